The van der Waals surface area contributed by atoms with E-state index in [1.165, 1.54) is 21.3 Å². The summed E-state index contributed by atoms with van der Waals surface area (Å²) in [7, 11) is 6.21. The van der Waals surface area contributed by atoms with Gasteiger partial charge in [-0.2, -0.15) is 5.10 Å². The number of aromatic nitrogens is 2. The van der Waals surface area contributed by atoms with Crippen molar-refractivity contribution in [2.75, 3.05) is 28.4 Å². The number of carbonyl (C=O) groups excluding carboxylic acids is 1. The zero-order valence-electron chi connectivity index (χ0n) is 22.2. The Morgan fingerprint density at radius 1 is 0.974 bits per heavy atom. The molecule has 39 heavy (non-hydrogen) atoms. The highest BCUT2D eigenvalue weighted by Crippen LogP contribution is 2.49. The lowest BCUT2D eigenvalue weighted by Crippen LogP contribution is -2.29. The first-order valence-corrected chi connectivity index (χ1v) is 12.5. The fourth-order valence-corrected chi connectivity index (χ4v) is 5.12. The molecule has 0 saturated carbocycles. The fourth-order valence-electron chi connectivity index (χ4n) is 4.95. The van der Waals surface area contributed by atoms with Crippen molar-refractivity contribution in [1.82, 2.24) is 15.1 Å². The molecule has 0 spiro atoms. The van der Waals surface area contributed by atoms with Gasteiger partial charge >= 0.3 is 0 Å². The number of nitrogens with zero attached hydrogens (tertiary/aromatic N) is 2. The van der Waals surface area contributed by atoms with Crippen LogP contribution in [0, 0.1) is 6.92 Å². The van der Waals surface area contributed by atoms with Crippen LogP contribution in [0.3, 0.4) is 0 Å². The van der Waals surface area contributed by atoms with Gasteiger partial charge in [0, 0.05) is 22.7 Å². The summed E-state index contributed by atoms with van der Waals surface area (Å²) >= 11 is 6.43. The number of carbonyl (C=O) groups is 1. The molecule has 2 heterocycles. The van der Waals surface area contributed by atoms with E-state index in [0.717, 1.165) is 16.9 Å². The van der Waals surface area contributed by atoms with Crippen LogP contribution in [0.15, 0.2) is 48.5 Å². The molecule has 0 radical (unpaired) electrons. The Morgan fingerprint density at radius 2 is 1.64 bits per heavy atom. The summed E-state index contributed by atoms with van der Waals surface area (Å²) < 4.78 is 22.0. The van der Waals surface area contributed by atoms with Gasteiger partial charge in [0.05, 0.1) is 34.5 Å². The molecule has 9 nitrogen and oxygen atoms in total. The molecule has 4 aromatic rings. The largest absolute Gasteiger partial charge is 0.507 e. The number of aromatic hydroxyl groups is 1. The van der Waals surface area contributed by atoms with Crippen molar-refractivity contribution >= 4 is 17.5 Å². The second-order valence-electron chi connectivity index (χ2n) is 9.12. The van der Waals surface area contributed by atoms with Crippen molar-refractivity contribution < 1.29 is 28.8 Å². The Labute approximate surface area is 230 Å². The SMILES string of the molecule is COc1ccc(CN2C(=O)c3[nH]nc(-c4cc(Cl)c(C)cc4O)c3C2c2cc(OC)c(OC)c(OC)c2)cc1. The molecular formula is C29H28ClN3O6. The zero-order valence-corrected chi connectivity index (χ0v) is 22.9. The smallest absolute Gasteiger partial charge is 0.273 e. The molecule has 1 amide bonds. The molecule has 1 aromatic heterocycles. The number of benzene rings is 3. The minimum atomic E-state index is -0.600. The standard InChI is InChI=1S/C29H28ClN3O6/c1-15-10-21(34)19(13-20(15)30)25-24-26(32-31-25)29(35)33(14-16-6-8-18(36-2)9-7-16)27(24)17-11-22(37-3)28(39-5)23(12-17)38-4/h6-13,27,34H,14H2,1-5H3,(H,31,32). The molecule has 5 rings (SSSR count). The second-order valence-corrected chi connectivity index (χ2v) is 9.53. The molecule has 1 aliphatic heterocycles. The number of fused-ring (bicyclic) bond motifs is 1. The number of methoxy groups -OCH3 is 4. The highest BCUT2D eigenvalue weighted by atomic mass is 35.5. The number of halogens is 1. The predicted octanol–water partition coefficient (Wildman–Crippen LogP) is 5.52. The molecule has 202 valence electrons. The summed E-state index contributed by atoms with van der Waals surface area (Å²) in [6, 6.07) is 13.8. The van der Waals surface area contributed by atoms with Crippen molar-refractivity contribution in [1.29, 1.82) is 0 Å². The molecule has 0 fully saturated rings. The van der Waals surface area contributed by atoms with Gasteiger partial charge in [-0.15, -0.1) is 0 Å². The summed E-state index contributed by atoms with van der Waals surface area (Å²) in [5, 5.41) is 18.7. The Kier molecular flexibility index (Phi) is 7.01. The lowest BCUT2D eigenvalue weighted by Gasteiger charge is -2.27. The minimum absolute atomic E-state index is 0.0101. The maximum atomic E-state index is 13.8. The monoisotopic (exact) mass is 549 g/mol. The topological polar surface area (TPSA) is 106 Å². The van der Waals surface area contributed by atoms with Crippen LogP contribution in [0.25, 0.3) is 11.3 Å². The van der Waals surface area contributed by atoms with Crippen molar-refractivity contribution in [3.8, 4) is 40.0 Å². The Balaban J connectivity index is 1.71. The number of amides is 1. The van der Waals surface area contributed by atoms with E-state index < -0.39 is 6.04 Å². The van der Waals surface area contributed by atoms with Gasteiger partial charge in [-0.1, -0.05) is 23.7 Å². The highest BCUT2D eigenvalue weighted by molar-refractivity contribution is 6.31. The van der Waals surface area contributed by atoms with Gasteiger partial charge in [0.2, 0.25) is 5.75 Å². The summed E-state index contributed by atoms with van der Waals surface area (Å²) in [4.78, 5) is 15.6. The number of ether oxygens (including phenoxy) is 4. The maximum absolute atomic E-state index is 13.8. The molecule has 0 bridgehead atoms. The van der Waals surface area contributed by atoms with Gasteiger partial charge in [0.25, 0.3) is 5.91 Å². The second kappa shape index (κ2) is 10.4. The van der Waals surface area contributed by atoms with Crippen LogP contribution >= 0.6 is 11.6 Å². The Bertz CT molecular complexity index is 1520. The number of aryl methyl sites for hydroxylation is 1. The predicted molar refractivity (Wildman–Crippen MR) is 146 cm³/mol. The molecule has 0 aliphatic carbocycles. The van der Waals surface area contributed by atoms with Gasteiger partial charge < -0.3 is 29.0 Å². The molecule has 0 saturated heterocycles. The quantitative estimate of drug-likeness (QED) is 0.298. The number of hydrogen-bond donors (Lipinski definition) is 2. The minimum Gasteiger partial charge on any atom is -0.507 e. The summed E-state index contributed by atoms with van der Waals surface area (Å²) in [5.74, 6) is 1.82. The number of phenolic OH excluding ortho intramolecular Hbond substituents is 1. The third-order valence-electron chi connectivity index (χ3n) is 6.91. The fraction of sp³-hybridized carbons (Fsp3) is 0.241. The summed E-state index contributed by atoms with van der Waals surface area (Å²) in [5.41, 5.74) is 4.12. The number of rotatable bonds is 8. The van der Waals surface area contributed by atoms with Gasteiger partial charge in [0.1, 0.15) is 22.9 Å². The van der Waals surface area contributed by atoms with E-state index in [-0.39, 0.29) is 11.7 Å². The van der Waals surface area contributed by atoms with Crippen molar-refractivity contribution in [3.63, 3.8) is 0 Å². The average Bonchev–Trinajstić information content (AvgIpc) is 3.48. The van der Waals surface area contributed by atoms with E-state index in [1.807, 2.05) is 36.4 Å². The van der Waals surface area contributed by atoms with Crippen LogP contribution < -0.4 is 18.9 Å². The first kappa shape index (κ1) is 26.2. The number of H-pyrrole nitrogens is 1. The lowest BCUT2D eigenvalue weighted by molar-refractivity contribution is 0.0729. The molecule has 1 atom stereocenters. The van der Waals surface area contributed by atoms with Gasteiger partial charge in [-0.3, -0.25) is 9.89 Å². The van der Waals surface area contributed by atoms with Crippen LogP contribution in [0.5, 0.6) is 28.7 Å². The first-order valence-electron chi connectivity index (χ1n) is 12.1. The van der Waals surface area contributed by atoms with E-state index in [0.29, 0.717) is 56.9 Å². The van der Waals surface area contributed by atoms with Crippen molar-refractivity contribution in [2.45, 2.75) is 19.5 Å². The normalized spacial score (nSPS) is 14.4. The van der Waals surface area contributed by atoms with Crippen molar-refractivity contribution in [3.05, 3.63) is 81.5 Å². The average molecular weight is 550 g/mol. The lowest BCUT2D eigenvalue weighted by atomic mass is 9.94. The Morgan fingerprint density at radius 3 is 2.23 bits per heavy atom. The van der Waals surface area contributed by atoms with E-state index in [2.05, 4.69) is 10.2 Å². The number of phenols is 1. The number of nitrogens with one attached hydrogen (secondary N) is 1. The van der Waals surface area contributed by atoms with Crippen LogP contribution in [0.4, 0.5) is 0 Å². The maximum Gasteiger partial charge on any atom is 0.273 e. The van der Waals surface area contributed by atoms with E-state index in [9.17, 15) is 9.90 Å². The van der Waals surface area contributed by atoms with E-state index >= 15 is 0 Å². The zero-order chi connectivity index (χ0) is 27.8. The molecule has 1 unspecified atom stereocenters. The summed E-state index contributed by atoms with van der Waals surface area (Å²) in [6.07, 6.45) is 0. The van der Waals surface area contributed by atoms with Crippen LogP contribution in [-0.2, 0) is 6.54 Å². The molecule has 3 aromatic carbocycles. The summed E-state index contributed by atoms with van der Waals surface area (Å²) in [6.45, 7) is 2.10. The molecule has 1 aliphatic rings. The third-order valence-corrected chi connectivity index (χ3v) is 7.32. The number of hydrogen-bond acceptors (Lipinski definition) is 7. The molecular weight excluding hydrogens is 522 g/mol. The van der Waals surface area contributed by atoms with Gasteiger partial charge in [0.15, 0.2) is 11.5 Å². The van der Waals surface area contributed by atoms with Gasteiger partial charge in [-0.05, 0) is 60.0 Å². The number of aromatic amines is 1. The molecule has 2 N–H and O–H groups in total. The van der Waals surface area contributed by atoms with Crippen LogP contribution in [0.2, 0.25) is 5.02 Å². The molecule has 10 heteroatoms. The van der Waals surface area contributed by atoms with Gasteiger partial charge in [-0.25, -0.2) is 0 Å². The Hall–Kier alpha value is -4.37. The van der Waals surface area contributed by atoms with E-state index in [4.69, 9.17) is 30.5 Å². The van der Waals surface area contributed by atoms with E-state index in [1.54, 1.807) is 31.1 Å². The first-order chi connectivity index (χ1) is 18.8. The highest BCUT2D eigenvalue weighted by Gasteiger charge is 2.43. The van der Waals surface area contributed by atoms with Crippen molar-refractivity contribution in [2.24, 2.45) is 0 Å². The van der Waals surface area contributed by atoms with Crippen LogP contribution in [0.1, 0.15) is 38.8 Å². The van der Waals surface area contributed by atoms with Crippen LogP contribution in [-0.4, -0.2) is 54.6 Å². The third kappa shape index (κ3) is 4.48.